The molecule has 1 aromatic rings. The molecule has 4 aliphatic carbocycles. The lowest BCUT2D eigenvalue weighted by Crippen LogP contribution is -2.55. The Kier molecular flexibility index (Phi) is 2.76. The number of nitriles is 1. The highest BCUT2D eigenvalue weighted by Gasteiger charge is 2.51. The van der Waals surface area contributed by atoms with E-state index >= 15 is 0 Å². The van der Waals surface area contributed by atoms with Gasteiger partial charge in [0.25, 0.3) is 0 Å². The third kappa shape index (κ3) is 2.10. The second kappa shape index (κ2) is 4.43. The maximum Gasteiger partial charge on any atom is 0.150 e. The van der Waals surface area contributed by atoms with Crippen LogP contribution < -0.4 is 5.32 Å². The molecule has 0 aromatic heterocycles. The zero-order valence-electron chi connectivity index (χ0n) is 11.8. The molecule has 0 spiro atoms. The highest BCUT2D eigenvalue weighted by Crippen LogP contribution is 2.56. The smallest absolute Gasteiger partial charge is 0.150 e. The predicted molar refractivity (Wildman–Crippen MR) is 75.6 cm³/mol. The fourth-order valence-corrected chi connectivity index (χ4v) is 5.29. The van der Waals surface area contributed by atoms with Crippen LogP contribution >= 0.6 is 0 Å². The maximum absolute atomic E-state index is 14.1. The molecule has 0 aliphatic heterocycles. The van der Waals surface area contributed by atoms with Crippen LogP contribution in [0.15, 0.2) is 12.1 Å². The summed E-state index contributed by atoms with van der Waals surface area (Å²) in [6, 6.07) is 4.02. The Morgan fingerprint density at radius 2 is 1.48 bits per heavy atom. The summed E-state index contributed by atoms with van der Waals surface area (Å²) in [5.74, 6) is 0.847. The van der Waals surface area contributed by atoms with Gasteiger partial charge >= 0.3 is 0 Å². The first kappa shape index (κ1) is 13.1. The highest BCUT2D eigenvalue weighted by molar-refractivity contribution is 5.52. The van der Waals surface area contributed by atoms with Crippen LogP contribution in [0.4, 0.5) is 14.5 Å². The number of hydrogen-bond acceptors (Lipinski definition) is 2. The van der Waals surface area contributed by atoms with Gasteiger partial charge < -0.3 is 5.32 Å². The highest BCUT2D eigenvalue weighted by atomic mass is 19.1. The lowest BCUT2D eigenvalue weighted by atomic mass is 9.53. The normalized spacial score (nSPS) is 36.5. The summed E-state index contributed by atoms with van der Waals surface area (Å²) < 4.78 is 28.3. The van der Waals surface area contributed by atoms with Crippen LogP contribution in [0, 0.1) is 40.7 Å². The molecular weight excluding hydrogens is 270 g/mol. The SMILES string of the molecule is N#Cc1cc(F)c(NC23CC4CC(CC(C4)C2)C3)c(F)c1. The number of hydrogen-bond donors (Lipinski definition) is 1. The number of rotatable bonds is 2. The Hall–Kier alpha value is -1.63. The van der Waals surface area contributed by atoms with E-state index in [9.17, 15) is 8.78 Å². The van der Waals surface area contributed by atoms with Crippen molar-refractivity contribution in [2.45, 2.75) is 44.1 Å². The van der Waals surface area contributed by atoms with Gasteiger partial charge in [-0.3, -0.25) is 0 Å². The fraction of sp³-hybridized carbons (Fsp3) is 0.588. The topological polar surface area (TPSA) is 35.8 Å². The molecule has 0 atom stereocenters. The van der Waals surface area contributed by atoms with E-state index in [2.05, 4.69) is 5.32 Å². The molecule has 0 unspecified atom stereocenters. The Bertz CT molecular complexity index is 574. The van der Waals surface area contributed by atoms with Crippen LogP contribution in [0.1, 0.15) is 44.1 Å². The average molecular weight is 288 g/mol. The lowest BCUT2D eigenvalue weighted by molar-refractivity contribution is 0.0104. The Morgan fingerprint density at radius 3 is 1.90 bits per heavy atom. The Balaban J connectivity index is 1.66. The molecule has 4 heteroatoms. The van der Waals surface area contributed by atoms with E-state index in [0.29, 0.717) is 17.8 Å². The van der Waals surface area contributed by atoms with E-state index < -0.39 is 11.6 Å². The van der Waals surface area contributed by atoms with Gasteiger partial charge in [0, 0.05) is 5.54 Å². The molecule has 110 valence electrons. The van der Waals surface area contributed by atoms with Gasteiger partial charge in [-0.25, -0.2) is 8.78 Å². The summed E-state index contributed by atoms with van der Waals surface area (Å²) in [5, 5.41) is 12.0. The second-order valence-electron chi connectivity index (χ2n) is 7.25. The van der Waals surface area contributed by atoms with Crippen molar-refractivity contribution in [3.05, 3.63) is 29.3 Å². The van der Waals surface area contributed by atoms with Crippen molar-refractivity contribution in [1.82, 2.24) is 0 Å². The van der Waals surface area contributed by atoms with E-state index in [1.807, 2.05) is 0 Å². The third-order valence-electron chi connectivity index (χ3n) is 5.60. The number of nitrogens with zero attached hydrogens (tertiary/aromatic N) is 1. The van der Waals surface area contributed by atoms with Crippen molar-refractivity contribution in [1.29, 1.82) is 5.26 Å². The molecule has 0 saturated heterocycles. The van der Waals surface area contributed by atoms with Crippen molar-refractivity contribution in [3.63, 3.8) is 0 Å². The van der Waals surface area contributed by atoms with Gasteiger partial charge in [0.1, 0.15) is 5.69 Å². The summed E-state index contributed by atoms with van der Waals surface area (Å²) in [6.07, 6.45) is 6.95. The number of anilines is 1. The number of nitrogens with one attached hydrogen (secondary N) is 1. The molecule has 0 radical (unpaired) electrons. The molecule has 4 bridgehead atoms. The van der Waals surface area contributed by atoms with Gasteiger partial charge in [0.05, 0.1) is 11.6 Å². The first-order valence-electron chi connectivity index (χ1n) is 7.74. The van der Waals surface area contributed by atoms with E-state index in [1.54, 1.807) is 6.07 Å². The molecule has 0 heterocycles. The molecule has 4 fully saturated rings. The van der Waals surface area contributed by atoms with E-state index in [4.69, 9.17) is 5.26 Å². The van der Waals surface area contributed by atoms with Crippen molar-refractivity contribution < 1.29 is 8.78 Å². The van der Waals surface area contributed by atoms with Crippen LogP contribution in [0.5, 0.6) is 0 Å². The van der Waals surface area contributed by atoms with Crippen LogP contribution in [-0.4, -0.2) is 5.54 Å². The first-order valence-corrected chi connectivity index (χ1v) is 7.74. The van der Waals surface area contributed by atoms with Crippen LogP contribution in [0.3, 0.4) is 0 Å². The van der Waals surface area contributed by atoms with Crippen LogP contribution in [0.25, 0.3) is 0 Å². The Labute approximate surface area is 123 Å². The Morgan fingerprint density at radius 1 is 1.00 bits per heavy atom. The van der Waals surface area contributed by atoms with Gasteiger partial charge in [-0.2, -0.15) is 5.26 Å². The minimum Gasteiger partial charge on any atom is -0.375 e. The minimum atomic E-state index is -0.651. The van der Waals surface area contributed by atoms with E-state index in [-0.39, 0.29) is 16.8 Å². The summed E-state index contributed by atoms with van der Waals surface area (Å²) >= 11 is 0. The molecule has 2 nitrogen and oxygen atoms in total. The number of halogens is 2. The van der Waals surface area contributed by atoms with Crippen molar-refractivity contribution in [2.75, 3.05) is 5.32 Å². The molecule has 1 N–H and O–H groups in total. The zero-order valence-corrected chi connectivity index (χ0v) is 11.8. The summed E-state index contributed by atoms with van der Waals surface area (Å²) in [5.41, 5.74) is -0.151. The molecular formula is C17H18F2N2. The monoisotopic (exact) mass is 288 g/mol. The van der Waals surface area contributed by atoms with Crippen LogP contribution in [-0.2, 0) is 0 Å². The fourth-order valence-electron chi connectivity index (χ4n) is 5.29. The summed E-state index contributed by atoms with van der Waals surface area (Å²) in [7, 11) is 0. The second-order valence-corrected chi connectivity index (χ2v) is 7.25. The molecule has 4 saturated carbocycles. The first-order chi connectivity index (χ1) is 10.1. The van der Waals surface area contributed by atoms with Crippen molar-refractivity contribution in [2.24, 2.45) is 17.8 Å². The minimum absolute atomic E-state index is 0.0288. The maximum atomic E-state index is 14.1. The van der Waals surface area contributed by atoms with Gasteiger partial charge in [-0.15, -0.1) is 0 Å². The van der Waals surface area contributed by atoms with Gasteiger partial charge in [0.2, 0.25) is 0 Å². The lowest BCUT2D eigenvalue weighted by Gasteiger charge is -2.57. The zero-order chi connectivity index (χ0) is 14.6. The average Bonchev–Trinajstić information content (AvgIpc) is 2.41. The quantitative estimate of drug-likeness (QED) is 0.884. The summed E-state index contributed by atoms with van der Waals surface area (Å²) in [4.78, 5) is 0. The van der Waals surface area contributed by atoms with E-state index in [0.717, 1.165) is 31.4 Å². The molecule has 1 aromatic carbocycles. The molecule has 0 amide bonds. The van der Waals surface area contributed by atoms with Gasteiger partial charge in [-0.1, -0.05) is 0 Å². The largest absolute Gasteiger partial charge is 0.375 e. The summed E-state index contributed by atoms with van der Waals surface area (Å²) in [6.45, 7) is 0. The number of benzene rings is 1. The molecule has 21 heavy (non-hydrogen) atoms. The molecule has 5 rings (SSSR count). The van der Waals surface area contributed by atoms with Crippen molar-refractivity contribution >= 4 is 5.69 Å². The third-order valence-corrected chi connectivity index (χ3v) is 5.60. The van der Waals surface area contributed by atoms with Gasteiger partial charge in [-0.05, 0) is 68.4 Å². The predicted octanol–water partition coefficient (Wildman–Crippen LogP) is 4.22. The van der Waals surface area contributed by atoms with E-state index in [1.165, 1.54) is 19.3 Å². The van der Waals surface area contributed by atoms with Crippen molar-refractivity contribution in [3.8, 4) is 6.07 Å². The molecule has 4 aliphatic rings. The van der Waals surface area contributed by atoms with Crippen LogP contribution in [0.2, 0.25) is 0 Å². The van der Waals surface area contributed by atoms with Gasteiger partial charge in [0.15, 0.2) is 11.6 Å². The standard InChI is InChI=1S/C17H18F2N2/c18-14-4-13(9-20)5-15(19)16(14)21-17-6-10-1-11(7-17)3-12(2-10)8-17/h4-5,10-12,21H,1-3,6-8H2.